The molecule has 0 amide bonds. The van der Waals surface area contributed by atoms with E-state index in [4.69, 9.17) is 4.74 Å². The van der Waals surface area contributed by atoms with Crippen LogP contribution in [0, 0.1) is 5.41 Å². The minimum absolute atomic E-state index is 0.222. The maximum absolute atomic E-state index is 11.0. The van der Waals surface area contributed by atoms with Gasteiger partial charge in [-0.25, -0.2) is 0 Å². The molecule has 2 saturated heterocycles. The van der Waals surface area contributed by atoms with Crippen molar-refractivity contribution in [2.24, 2.45) is 5.41 Å². The van der Waals surface area contributed by atoms with E-state index in [0.717, 1.165) is 39.0 Å². The van der Waals surface area contributed by atoms with Gasteiger partial charge < -0.3 is 9.53 Å². The summed E-state index contributed by atoms with van der Waals surface area (Å²) in [5, 5.41) is 0. The summed E-state index contributed by atoms with van der Waals surface area (Å²) < 4.78 is 5.53. The lowest BCUT2D eigenvalue weighted by Gasteiger charge is -2.37. The Bertz CT molecular complexity index is 238. The zero-order valence-corrected chi connectivity index (χ0v) is 9.79. The molecule has 0 bridgehead atoms. The molecule has 15 heavy (non-hydrogen) atoms. The van der Waals surface area contributed by atoms with Crippen LogP contribution in [0.15, 0.2) is 0 Å². The number of aldehydes is 1. The fourth-order valence-corrected chi connectivity index (χ4v) is 2.81. The number of likely N-dealkylation sites (tertiary alicyclic amines) is 1. The predicted molar refractivity (Wildman–Crippen MR) is 58.8 cm³/mol. The highest BCUT2D eigenvalue weighted by Crippen LogP contribution is 2.37. The van der Waals surface area contributed by atoms with Crippen molar-refractivity contribution in [3.63, 3.8) is 0 Å². The molecule has 0 aliphatic carbocycles. The third-order valence-corrected chi connectivity index (χ3v) is 3.74. The van der Waals surface area contributed by atoms with Gasteiger partial charge in [-0.2, -0.15) is 0 Å². The molecule has 0 saturated carbocycles. The van der Waals surface area contributed by atoms with Crippen LogP contribution in [0.3, 0.4) is 0 Å². The van der Waals surface area contributed by atoms with Crippen LogP contribution in [-0.2, 0) is 9.53 Å². The van der Waals surface area contributed by atoms with Crippen molar-refractivity contribution in [1.29, 1.82) is 0 Å². The van der Waals surface area contributed by atoms with E-state index >= 15 is 0 Å². The van der Waals surface area contributed by atoms with Gasteiger partial charge in [0.25, 0.3) is 0 Å². The van der Waals surface area contributed by atoms with Gasteiger partial charge in [-0.15, -0.1) is 0 Å². The third-order valence-electron chi connectivity index (χ3n) is 3.74. The molecule has 0 aromatic heterocycles. The molecular formula is C12H21NO2. The van der Waals surface area contributed by atoms with Crippen molar-refractivity contribution in [1.82, 2.24) is 4.90 Å². The Hall–Kier alpha value is -0.410. The summed E-state index contributed by atoms with van der Waals surface area (Å²) >= 11 is 0. The molecule has 1 spiro atoms. The van der Waals surface area contributed by atoms with Gasteiger partial charge in [-0.1, -0.05) is 13.8 Å². The Balaban J connectivity index is 2.05. The van der Waals surface area contributed by atoms with E-state index in [0.29, 0.717) is 0 Å². The highest BCUT2D eigenvalue weighted by molar-refractivity contribution is 5.58. The first kappa shape index (κ1) is 11.1. The van der Waals surface area contributed by atoms with Crippen molar-refractivity contribution >= 4 is 6.29 Å². The summed E-state index contributed by atoms with van der Waals surface area (Å²) in [6.45, 7) is 7.78. The van der Waals surface area contributed by atoms with Gasteiger partial charge in [0.2, 0.25) is 0 Å². The maximum Gasteiger partial charge on any atom is 0.126 e. The lowest BCUT2D eigenvalue weighted by atomic mass is 9.90. The van der Waals surface area contributed by atoms with Crippen molar-refractivity contribution in [3.8, 4) is 0 Å². The lowest BCUT2D eigenvalue weighted by molar-refractivity contribution is -0.116. The van der Waals surface area contributed by atoms with Crippen LogP contribution >= 0.6 is 0 Å². The number of hydrogen-bond acceptors (Lipinski definition) is 3. The fraction of sp³-hybridized carbons (Fsp3) is 0.917. The molecule has 0 aromatic rings. The number of ether oxygens (including phenoxy) is 1. The molecule has 2 fully saturated rings. The lowest BCUT2D eigenvalue weighted by Crippen LogP contribution is -2.48. The zero-order valence-electron chi connectivity index (χ0n) is 9.79. The monoisotopic (exact) mass is 211 g/mol. The number of rotatable bonds is 3. The Morgan fingerprint density at radius 3 is 2.87 bits per heavy atom. The summed E-state index contributed by atoms with van der Waals surface area (Å²) in [6.07, 6.45) is 4.71. The standard InChI is InChI=1S/C12H21NO2/c1-11(2,9-14)8-13-6-3-4-12(13)5-7-15-10-12/h9H,3-8,10H2,1-2H3. The summed E-state index contributed by atoms with van der Waals surface area (Å²) in [5.74, 6) is 0. The summed E-state index contributed by atoms with van der Waals surface area (Å²) in [7, 11) is 0. The Kier molecular flexibility index (Phi) is 2.86. The van der Waals surface area contributed by atoms with Crippen molar-refractivity contribution in [3.05, 3.63) is 0 Å². The molecule has 3 nitrogen and oxygen atoms in total. The van der Waals surface area contributed by atoms with Gasteiger partial charge in [0.15, 0.2) is 0 Å². The SMILES string of the molecule is CC(C)(C=O)CN1CCCC12CCOC2. The molecule has 2 rings (SSSR count). The molecule has 2 heterocycles. The van der Waals surface area contributed by atoms with Gasteiger partial charge in [0, 0.05) is 24.1 Å². The quantitative estimate of drug-likeness (QED) is 0.662. The molecule has 86 valence electrons. The van der Waals surface area contributed by atoms with E-state index in [-0.39, 0.29) is 11.0 Å². The average Bonchev–Trinajstić information content (AvgIpc) is 2.79. The summed E-state index contributed by atoms with van der Waals surface area (Å²) in [6, 6.07) is 0. The Morgan fingerprint density at radius 2 is 2.27 bits per heavy atom. The summed E-state index contributed by atoms with van der Waals surface area (Å²) in [5.41, 5.74) is 0.0419. The smallest absolute Gasteiger partial charge is 0.126 e. The minimum Gasteiger partial charge on any atom is -0.379 e. The van der Waals surface area contributed by atoms with Gasteiger partial charge in [0.05, 0.1) is 6.61 Å². The van der Waals surface area contributed by atoms with E-state index in [1.54, 1.807) is 0 Å². The van der Waals surface area contributed by atoms with Crippen molar-refractivity contribution in [2.45, 2.75) is 38.6 Å². The number of carbonyl (C=O) groups excluding carboxylic acids is 1. The minimum atomic E-state index is -0.222. The maximum atomic E-state index is 11.0. The zero-order chi connectivity index (χ0) is 10.9. The first-order valence-electron chi connectivity index (χ1n) is 5.87. The first-order valence-corrected chi connectivity index (χ1v) is 5.87. The number of hydrogen-bond donors (Lipinski definition) is 0. The molecular weight excluding hydrogens is 190 g/mol. The first-order chi connectivity index (χ1) is 7.08. The van der Waals surface area contributed by atoms with E-state index in [2.05, 4.69) is 4.90 Å². The molecule has 1 unspecified atom stereocenters. The predicted octanol–water partition coefficient (Wildman–Crippen LogP) is 1.47. The second-order valence-corrected chi connectivity index (χ2v) is 5.66. The third kappa shape index (κ3) is 2.08. The number of nitrogens with zero attached hydrogens (tertiary/aromatic N) is 1. The van der Waals surface area contributed by atoms with Crippen LogP contribution in [0.1, 0.15) is 33.1 Å². The van der Waals surface area contributed by atoms with Gasteiger partial charge in [-0.3, -0.25) is 4.90 Å². The van der Waals surface area contributed by atoms with Gasteiger partial charge in [-0.05, 0) is 25.8 Å². The topological polar surface area (TPSA) is 29.5 Å². The van der Waals surface area contributed by atoms with E-state index in [1.807, 2.05) is 13.8 Å². The van der Waals surface area contributed by atoms with Crippen molar-refractivity contribution < 1.29 is 9.53 Å². The molecule has 0 N–H and O–H groups in total. The van der Waals surface area contributed by atoms with E-state index in [9.17, 15) is 4.79 Å². The fourth-order valence-electron chi connectivity index (χ4n) is 2.81. The Labute approximate surface area is 91.8 Å². The normalized spacial score (nSPS) is 32.7. The second-order valence-electron chi connectivity index (χ2n) is 5.66. The van der Waals surface area contributed by atoms with Gasteiger partial charge in [0.1, 0.15) is 6.29 Å². The molecule has 2 aliphatic heterocycles. The molecule has 3 heteroatoms. The molecule has 0 radical (unpaired) electrons. The average molecular weight is 211 g/mol. The van der Waals surface area contributed by atoms with E-state index < -0.39 is 0 Å². The Morgan fingerprint density at radius 1 is 1.47 bits per heavy atom. The number of carbonyl (C=O) groups is 1. The molecule has 2 aliphatic rings. The molecule has 0 aromatic carbocycles. The molecule has 1 atom stereocenters. The van der Waals surface area contributed by atoms with E-state index in [1.165, 1.54) is 12.8 Å². The van der Waals surface area contributed by atoms with Crippen LogP contribution in [0.2, 0.25) is 0 Å². The van der Waals surface area contributed by atoms with Gasteiger partial charge >= 0.3 is 0 Å². The summed E-state index contributed by atoms with van der Waals surface area (Å²) in [4.78, 5) is 13.4. The van der Waals surface area contributed by atoms with Crippen LogP contribution in [0.4, 0.5) is 0 Å². The van der Waals surface area contributed by atoms with Crippen LogP contribution in [0.25, 0.3) is 0 Å². The van der Waals surface area contributed by atoms with Crippen LogP contribution < -0.4 is 0 Å². The van der Waals surface area contributed by atoms with Crippen molar-refractivity contribution in [2.75, 3.05) is 26.3 Å². The van der Waals surface area contributed by atoms with Crippen LogP contribution in [-0.4, -0.2) is 43.0 Å². The largest absolute Gasteiger partial charge is 0.379 e. The highest BCUT2D eigenvalue weighted by atomic mass is 16.5. The second kappa shape index (κ2) is 3.87. The highest BCUT2D eigenvalue weighted by Gasteiger charge is 2.45. The van der Waals surface area contributed by atoms with Crippen LogP contribution in [0.5, 0.6) is 0 Å².